The van der Waals surface area contributed by atoms with Crippen LogP contribution in [0.25, 0.3) is 0 Å². The second kappa shape index (κ2) is 5.72. The molecule has 1 heterocycles. The third-order valence-electron chi connectivity index (χ3n) is 3.57. The van der Waals surface area contributed by atoms with E-state index in [1.165, 1.54) is 11.1 Å². The van der Waals surface area contributed by atoms with E-state index < -0.39 is 0 Å². The average molecular weight is 307 g/mol. The maximum absolute atomic E-state index is 6.21. The summed E-state index contributed by atoms with van der Waals surface area (Å²) in [5.74, 6) is 1.99. The first-order valence-electron chi connectivity index (χ1n) is 7.11. The molecule has 2 rings (SSSR count). The zero-order valence-corrected chi connectivity index (χ0v) is 14.4. The van der Waals surface area contributed by atoms with E-state index >= 15 is 0 Å². The van der Waals surface area contributed by atoms with Crippen LogP contribution >= 0.6 is 11.6 Å². The van der Waals surface area contributed by atoms with Crippen LogP contribution in [-0.4, -0.2) is 9.78 Å². The fraction of sp³-hybridized carbons (Fsp3) is 0.471. The van der Waals surface area contributed by atoms with Gasteiger partial charge in [-0.1, -0.05) is 32.9 Å². The van der Waals surface area contributed by atoms with Gasteiger partial charge in [0, 0.05) is 12.6 Å². The number of halogens is 1. The number of hydrogen-bond acceptors (Lipinski definition) is 2. The van der Waals surface area contributed by atoms with Gasteiger partial charge in [0.05, 0.1) is 17.1 Å². The molecule has 0 aliphatic rings. The third kappa shape index (κ3) is 3.24. The van der Waals surface area contributed by atoms with E-state index in [9.17, 15) is 0 Å². The largest absolute Gasteiger partial charge is 0.439 e. The van der Waals surface area contributed by atoms with E-state index in [-0.39, 0.29) is 5.41 Å². The summed E-state index contributed by atoms with van der Waals surface area (Å²) in [6, 6.07) is 6.32. The first-order chi connectivity index (χ1) is 9.74. The van der Waals surface area contributed by atoms with Gasteiger partial charge in [-0.2, -0.15) is 5.10 Å². The lowest BCUT2D eigenvalue weighted by molar-refractivity contribution is 0.411. The fourth-order valence-corrected chi connectivity index (χ4v) is 2.71. The van der Waals surface area contributed by atoms with Crippen molar-refractivity contribution >= 4 is 11.6 Å². The number of alkyl halides is 1. The first-order valence-corrected chi connectivity index (χ1v) is 7.65. The zero-order valence-electron chi connectivity index (χ0n) is 13.6. The van der Waals surface area contributed by atoms with Gasteiger partial charge in [-0.05, 0) is 30.9 Å². The molecule has 0 atom stereocenters. The molecule has 0 bridgehead atoms. The summed E-state index contributed by atoms with van der Waals surface area (Å²) in [4.78, 5) is 0. The van der Waals surface area contributed by atoms with Crippen molar-refractivity contribution < 1.29 is 4.74 Å². The molecule has 0 N–H and O–H groups in total. The molecule has 0 aliphatic carbocycles. The molecule has 0 unspecified atom stereocenters. The van der Waals surface area contributed by atoms with Crippen LogP contribution in [0.4, 0.5) is 0 Å². The second-order valence-electron chi connectivity index (χ2n) is 6.48. The van der Waals surface area contributed by atoms with Gasteiger partial charge in [-0.3, -0.25) is 0 Å². The van der Waals surface area contributed by atoms with E-state index in [2.05, 4.69) is 51.0 Å². The number of rotatable bonds is 3. The molecule has 0 fully saturated rings. The monoisotopic (exact) mass is 306 g/mol. The molecule has 0 saturated heterocycles. The van der Waals surface area contributed by atoms with Crippen molar-refractivity contribution in [2.45, 2.75) is 45.9 Å². The lowest BCUT2D eigenvalue weighted by atomic mass is 9.86. The van der Waals surface area contributed by atoms with Gasteiger partial charge in [0.25, 0.3) is 0 Å². The Morgan fingerprint density at radius 1 is 1.24 bits per heavy atom. The molecule has 21 heavy (non-hydrogen) atoms. The van der Waals surface area contributed by atoms with Gasteiger partial charge in [-0.15, -0.1) is 11.6 Å². The summed E-state index contributed by atoms with van der Waals surface area (Å²) < 4.78 is 7.96. The first kappa shape index (κ1) is 15.9. The molecule has 0 aliphatic heterocycles. The Hall–Kier alpha value is -1.48. The maximum Gasteiger partial charge on any atom is 0.222 e. The molecule has 0 radical (unpaired) electrons. The van der Waals surface area contributed by atoms with Crippen molar-refractivity contribution in [2.24, 2.45) is 7.05 Å². The number of aryl methyl sites for hydroxylation is 3. The van der Waals surface area contributed by atoms with Crippen LogP contribution in [0.1, 0.15) is 43.2 Å². The third-order valence-corrected chi connectivity index (χ3v) is 3.84. The van der Waals surface area contributed by atoms with Gasteiger partial charge in [0.2, 0.25) is 5.88 Å². The van der Waals surface area contributed by atoms with Crippen LogP contribution in [0.3, 0.4) is 0 Å². The number of ether oxygens (including phenoxy) is 1. The lowest BCUT2D eigenvalue weighted by Gasteiger charge is -2.23. The quantitative estimate of drug-likeness (QED) is 0.757. The highest BCUT2D eigenvalue weighted by atomic mass is 35.5. The highest BCUT2D eigenvalue weighted by Crippen LogP contribution is 2.36. The molecule has 3 nitrogen and oxygen atoms in total. The van der Waals surface area contributed by atoms with Crippen LogP contribution < -0.4 is 4.74 Å². The van der Waals surface area contributed by atoms with Gasteiger partial charge in [0.1, 0.15) is 5.75 Å². The topological polar surface area (TPSA) is 27.1 Å². The van der Waals surface area contributed by atoms with Crippen LogP contribution in [-0.2, 0) is 18.3 Å². The van der Waals surface area contributed by atoms with Crippen LogP contribution in [0.5, 0.6) is 11.6 Å². The number of nitrogens with zero attached hydrogens (tertiary/aromatic N) is 2. The van der Waals surface area contributed by atoms with E-state index in [4.69, 9.17) is 16.3 Å². The van der Waals surface area contributed by atoms with Gasteiger partial charge < -0.3 is 4.74 Å². The predicted molar refractivity (Wildman–Crippen MR) is 87.5 cm³/mol. The molecule has 0 amide bonds. The minimum atomic E-state index is 0.0117. The molecule has 1 aromatic heterocycles. The summed E-state index contributed by atoms with van der Waals surface area (Å²) in [7, 11) is 1.88. The van der Waals surface area contributed by atoms with Gasteiger partial charge in [-0.25, -0.2) is 4.68 Å². The SMILES string of the molecule is Cc1ccc(C(C)(C)C)c(Oc2c(CCl)c(C)nn2C)c1. The Balaban J connectivity index is 2.52. The Morgan fingerprint density at radius 3 is 2.48 bits per heavy atom. The van der Waals surface area contributed by atoms with Crippen LogP contribution in [0.15, 0.2) is 18.2 Å². The standard InChI is InChI=1S/C17H23ClN2O/c1-11-7-8-14(17(3,4)5)15(9-11)21-16-13(10-18)12(2)19-20(16)6/h7-9H,10H2,1-6H3. The van der Waals surface area contributed by atoms with Gasteiger partial charge in [0.15, 0.2) is 0 Å². The van der Waals surface area contributed by atoms with Crippen LogP contribution in [0, 0.1) is 13.8 Å². The predicted octanol–water partition coefficient (Wildman–Crippen LogP) is 4.87. The molecule has 0 spiro atoms. The molecular formula is C17H23ClN2O. The number of aromatic nitrogens is 2. The number of benzene rings is 1. The average Bonchev–Trinajstić information content (AvgIpc) is 2.62. The van der Waals surface area contributed by atoms with Crippen LogP contribution in [0.2, 0.25) is 0 Å². The maximum atomic E-state index is 6.21. The molecular weight excluding hydrogens is 284 g/mol. The zero-order chi connectivity index (χ0) is 15.8. The minimum Gasteiger partial charge on any atom is -0.439 e. The molecule has 114 valence electrons. The Labute approximate surface area is 131 Å². The van der Waals surface area contributed by atoms with E-state index in [1.54, 1.807) is 4.68 Å². The Morgan fingerprint density at radius 2 is 1.90 bits per heavy atom. The Kier molecular flexibility index (Phi) is 4.33. The summed E-state index contributed by atoms with van der Waals surface area (Å²) >= 11 is 6.04. The van der Waals surface area contributed by atoms with Crippen molar-refractivity contribution in [3.8, 4) is 11.6 Å². The molecule has 1 aromatic carbocycles. The smallest absolute Gasteiger partial charge is 0.222 e. The molecule has 2 aromatic rings. The number of hydrogen-bond donors (Lipinski definition) is 0. The van der Waals surface area contributed by atoms with E-state index in [0.717, 1.165) is 22.9 Å². The normalized spacial score (nSPS) is 11.8. The van der Waals surface area contributed by atoms with Crippen molar-refractivity contribution in [3.63, 3.8) is 0 Å². The van der Waals surface area contributed by atoms with Crippen molar-refractivity contribution in [1.82, 2.24) is 9.78 Å². The van der Waals surface area contributed by atoms with Crippen molar-refractivity contribution in [1.29, 1.82) is 0 Å². The summed E-state index contributed by atoms with van der Waals surface area (Å²) in [5, 5.41) is 4.40. The van der Waals surface area contributed by atoms with E-state index in [1.807, 2.05) is 14.0 Å². The fourth-order valence-electron chi connectivity index (χ4n) is 2.40. The summed E-state index contributed by atoms with van der Waals surface area (Å²) in [6.45, 7) is 10.6. The van der Waals surface area contributed by atoms with Gasteiger partial charge >= 0.3 is 0 Å². The van der Waals surface area contributed by atoms with E-state index in [0.29, 0.717) is 5.88 Å². The lowest BCUT2D eigenvalue weighted by Crippen LogP contribution is -2.13. The van der Waals surface area contributed by atoms with Crippen molar-refractivity contribution in [2.75, 3.05) is 0 Å². The Bertz CT molecular complexity index is 654. The molecule has 0 saturated carbocycles. The van der Waals surface area contributed by atoms with Crippen molar-refractivity contribution in [3.05, 3.63) is 40.6 Å². The highest BCUT2D eigenvalue weighted by molar-refractivity contribution is 6.17. The minimum absolute atomic E-state index is 0.0117. The summed E-state index contributed by atoms with van der Waals surface area (Å²) in [6.07, 6.45) is 0. The summed E-state index contributed by atoms with van der Waals surface area (Å²) in [5.41, 5.74) is 4.21. The highest BCUT2D eigenvalue weighted by Gasteiger charge is 2.22. The molecule has 4 heteroatoms. The second-order valence-corrected chi connectivity index (χ2v) is 6.75.